The summed E-state index contributed by atoms with van der Waals surface area (Å²) in [5.41, 5.74) is -2.69. The fourth-order valence-electron chi connectivity index (χ4n) is 3.63. The molecule has 0 aliphatic carbocycles. The van der Waals surface area contributed by atoms with Crippen LogP contribution in [0.4, 0.5) is 0 Å². The van der Waals surface area contributed by atoms with Gasteiger partial charge in [-0.25, -0.2) is 0 Å². The maximum Gasteiger partial charge on any atom is 0.311 e. The summed E-state index contributed by atoms with van der Waals surface area (Å²) in [6.45, 7) is 19.6. The Bertz CT molecular complexity index is 1300. The van der Waals surface area contributed by atoms with Crippen molar-refractivity contribution >= 4 is 30.1 Å². The standard InChI is InChI=1S/C34H48N2O9/c1-31(2,3)27(37)41-19-22-23(43-28(38)32(4,5)6)24(44-29(39)33(7,8)9)25(45-30(40)34(10,11)12)26(42-22)36-18-21-15-13-20(17-35)14-16-21/h13-16,18,22-26H,19H2,1-12H3/b36-18+/t22-,23+,24+,25-,26-/m1/s1. The second-order valence-electron chi connectivity index (χ2n) is 15.3. The number of benzene rings is 1. The van der Waals surface area contributed by atoms with Crippen molar-refractivity contribution in [2.75, 3.05) is 6.61 Å². The first-order valence-corrected chi connectivity index (χ1v) is 14.9. The molecule has 1 aromatic carbocycles. The van der Waals surface area contributed by atoms with Crippen LogP contribution in [0.25, 0.3) is 0 Å². The van der Waals surface area contributed by atoms with Gasteiger partial charge in [-0.1, -0.05) is 12.1 Å². The Kier molecular flexibility index (Phi) is 11.7. The van der Waals surface area contributed by atoms with E-state index in [1.165, 1.54) is 6.21 Å². The Morgan fingerprint density at radius 1 is 0.711 bits per heavy atom. The molecular formula is C34H48N2O9. The number of ether oxygens (including phenoxy) is 5. The van der Waals surface area contributed by atoms with Crippen LogP contribution in [0.5, 0.6) is 0 Å². The lowest BCUT2D eigenvalue weighted by Gasteiger charge is -2.45. The molecule has 1 aliphatic heterocycles. The Balaban J connectivity index is 2.72. The van der Waals surface area contributed by atoms with Gasteiger partial charge in [0, 0.05) is 6.21 Å². The average Bonchev–Trinajstić information content (AvgIpc) is 2.91. The number of esters is 4. The zero-order chi connectivity index (χ0) is 34.5. The zero-order valence-electron chi connectivity index (χ0n) is 28.5. The molecule has 1 fully saturated rings. The van der Waals surface area contributed by atoms with Crippen molar-refractivity contribution in [1.82, 2.24) is 0 Å². The molecule has 11 heteroatoms. The molecule has 11 nitrogen and oxygen atoms in total. The van der Waals surface area contributed by atoms with E-state index >= 15 is 0 Å². The van der Waals surface area contributed by atoms with Gasteiger partial charge in [-0.2, -0.15) is 5.26 Å². The normalized spacial score (nSPS) is 22.7. The Morgan fingerprint density at radius 3 is 1.56 bits per heavy atom. The van der Waals surface area contributed by atoms with Crippen molar-refractivity contribution in [3.8, 4) is 6.07 Å². The molecule has 0 unspecified atom stereocenters. The van der Waals surface area contributed by atoms with Crippen molar-refractivity contribution in [2.24, 2.45) is 26.7 Å². The molecule has 0 N–H and O–H groups in total. The number of nitrogens with zero attached hydrogens (tertiary/aromatic N) is 2. The van der Waals surface area contributed by atoms with Crippen molar-refractivity contribution < 1.29 is 42.9 Å². The maximum absolute atomic E-state index is 13.3. The summed E-state index contributed by atoms with van der Waals surface area (Å²) in [7, 11) is 0. The van der Waals surface area contributed by atoms with E-state index in [1.807, 2.05) is 0 Å². The number of nitriles is 1. The molecule has 248 valence electrons. The minimum atomic E-state index is -1.38. The minimum absolute atomic E-state index is 0.370. The van der Waals surface area contributed by atoms with Crippen LogP contribution in [-0.2, 0) is 42.9 Å². The van der Waals surface area contributed by atoms with Crippen molar-refractivity contribution in [3.63, 3.8) is 0 Å². The molecule has 1 heterocycles. The Labute approximate surface area is 266 Å². The predicted octanol–water partition coefficient (Wildman–Crippen LogP) is 5.17. The predicted molar refractivity (Wildman–Crippen MR) is 166 cm³/mol. The fraction of sp³-hybridized carbons (Fsp3) is 0.647. The first kappa shape index (κ1) is 37.4. The summed E-state index contributed by atoms with van der Waals surface area (Å²) in [6.07, 6.45) is -5.04. The molecule has 0 radical (unpaired) electrons. The molecule has 0 saturated carbocycles. The SMILES string of the molecule is CC(C)(C)C(=O)OC[C@H]1O[C@@H](/N=C/c2ccc(C#N)cc2)[C@H](OC(=O)C(C)(C)C)[C@@H](OC(=O)C(C)(C)C)[C@H]1OC(=O)C(C)(C)C. The average molecular weight is 629 g/mol. The van der Waals surface area contributed by atoms with Gasteiger partial charge in [-0.3, -0.25) is 24.2 Å². The van der Waals surface area contributed by atoms with Gasteiger partial charge < -0.3 is 23.7 Å². The molecule has 2 rings (SSSR count). The van der Waals surface area contributed by atoms with E-state index in [2.05, 4.69) is 11.1 Å². The first-order valence-electron chi connectivity index (χ1n) is 14.9. The second kappa shape index (κ2) is 14.1. The van der Waals surface area contributed by atoms with Crippen LogP contribution in [0.2, 0.25) is 0 Å². The van der Waals surface area contributed by atoms with E-state index < -0.39 is 76.2 Å². The van der Waals surface area contributed by atoms with Gasteiger partial charge in [0.25, 0.3) is 0 Å². The van der Waals surface area contributed by atoms with Crippen molar-refractivity contribution in [2.45, 2.75) is 114 Å². The highest BCUT2D eigenvalue weighted by molar-refractivity contribution is 5.80. The van der Waals surface area contributed by atoms with Crippen LogP contribution in [-0.4, -0.2) is 67.3 Å². The van der Waals surface area contributed by atoms with E-state index in [0.717, 1.165) is 0 Å². The van der Waals surface area contributed by atoms with Crippen LogP contribution >= 0.6 is 0 Å². The van der Waals surface area contributed by atoms with Crippen LogP contribution in [0.3, 0.4) is 0 Å². The van der Waals surface area contributed by atoms with Crippen LogP contribution in [0.1, 0.15) is 94.2 Å². The molecule has 45 heavy (non-hydrogen) atoms. The maximum atomic E-state index is 13.3. The molecule has 1 saturated heterocycles. The number of carbonyl (C=O) groups is 4. The molecule has 5 atom stereocenters. The van der Waals surface area contributed by atoms with Crippen LogP contribution in [0.15, 0.2) is 29.3 Å². The zero-order valence-corrected chi connectivity index (χ0v) is 28.5. The number of aliphatic imine (C=N–C) groups is 1. The number of rotatable bonds is 7. The van der Waals surface area contributed by atoms with Gasteiger partial charge in [-0.05, 0) is 101 Å². The number of hydrogen-bond acceptors (Lipinski definition) is 11. The van der Waals surface area contributed by atoms with Crippen LogP contribution in [0, 0.1) is 33.0 Å². The van der Waals surface area contributed by atoms with Crippen molar-refractivity contribution in [3.05, 3.63) is 35.4 Å². The van der Waals surface area contributed by atoms with E-state index in [4.69, 9.17) is 28.9 Å². The summed E-state index contributed by atoms with van der Waals surface area (Å²) in [4.78, 5) is 57.2. The largest absolute Gasteiger partial charge is 0.462 e. The highest BCUT2D eigenvalue weighted by Crippen LogP contribution is 2.34. The Hall–Kier alpha value is -3.78. The molecule has 0 amide bonds. The molecular weight excluding hydrogens is 580 g/mol. The van der Waals surface area contributed by atoms with Gasteiger partial charge in [0.2, 0.25) is 0 Å². The highest BCUT2D eigenvalue weighted by atomic mass is 16.7. The second-order valence-corrected chi connectivity index (χ2v) is 15.3. The molecule has 1 aromatic rings. The molecule has 0 spiro atoms. The van der Waals surface area contributed by atoms with E-state index in [1.54, 1.807) is 107 Å². The minimum Gasteiger partial charge on any atom is -0.462 e. The monoisotopic (exact) mass is 628 g/mol. The summed E-state index contributed by atoms with van der Waals surface area (Å²) in [5.74, 6) is -2.46. The Morgan fingerprint density at radius 2 is 1.13 bits per heavy atom. The van der Waals surface area contributed by atoms with Crippen LogP contribution < -0.4 is 0 Å². The smallest absolute Gasteiger partial charge is 0.311 e. The molecule has 0 bridgehead atoms. The lowest BCUT2D eigenvalue weighted by molar-refractivity contribution is -0.258. The van der Waals surface area contributed by atoms with Gasteiger partial charge >= 0.3 is 23.9 Å². The summed E-state index contributed by atoms with van der Waals surface area (Å²) >= 11 is 0. The number of carbonyl (C=O) groups excluding carboxylic acids is 4. The topological polar surface area (TPSA) is 151 Å². The number of hydrogen-bond donors (Lipinski definition) is 0. The van der Waals surface area contributed by atoms with Crippen molar-refractivity contribution in [1.29, 1.82) is 5.26 Å². The van der Waals surface area contributed by atoms with Gasteiger partial charge in [0.1, 0.15) is 12.7 Å². The van der Waals surface area contributed by atoms with Gasteiger partial charge in [0.05, 0.1) is 33.3 Å². The summed E-state index contributed by atoms with van der Waals surface area (Å²) in [5, 5.41) is 9.15. The lowest BCUT2D eigenvalue weighted by atomic mass is 9.92. The third-order valence-electron chi connectivity index (χ3n) is 6.58. The van der Waals surface area contributed by atoms with E-state index in [-0.39, 0.29) is 6.61 Å². The third-order valence-corrected chi connectivity index (χ3v) is 6.58. The van der Waals surface area contributed by atoms with Gasteiger partial charge in [-0.15, -0.1) is 0 Å². The molecule has 0 aromatic heterocycles. The highest BCUT2D eigenvalue weighted by Gasteiger charge is 2.54. The lowest BCUT2D eigenvalue weighted by Crippen LogP contribution is -2.63. The fourth-order valence-corrected chi connectivity index (χ4v) is 3.63. The summed E-state index contributed by atoms with van der Waals surface area (Å²) in [6, 6.07) is 8.63. The van der Waals surface area contributed by atoms with E-state index in [9.17, 15) is 19.2 Å². The third kappa shape index (κ3) is 10.7. The summed E-state index contributed by atoms with van der Waals surface area (Å²) < 4.78 is 29.8. The van der Waals surface area contributed by atoms with Gasteiger partial charge in [0.15, 0.2) is 24.5 Å². The van der Waals surface area contributed by atoms with E-state index in [0.29, 0.717) is 11.1 Å². The molecule has 1 aliphatic rings. The quantitative estimate of drug-likeness (QED) is 0.225. The first-order chi connectivity index (χ1) is 20.4.